The zero-order valence-corrected chi connectivity index (χ0v) is 7.10. The zero-order chi connectivity index (χ0) is 7.98. The number of ether oxygens (including phenoxy) is 1. The highest BCUT2D eigenvalue weighted by Gasteiger charge is 2.04. The summed E-state index contributed by atoms with van der Waals surface area (Å²) in [7, 11) is 0. The number of rotatable bonds is 5. The Morgan fingerprint density at radius 3 is 2.50 bits per heavy atom. The largest absolute Gasteiger partial charge is 0.394 e. The Balaban J connectivity index is 3.16. The molecule has 0 aliphatic rings. The van der Waals surface area contributed by atoms with E-state index in [1.165, 1.54) is 11.8 Å². The van der Waals surface area contributed by atoms with Gasteiger partial charge in [-0.2, -0.15) is 0 Å². The lowest BCUT2D eigenvalue weighted by Crippen LogP contribution is -2.10. The standard InChI is InChI=1S/C6H14O3S/c1-5(8)10-6(2)9-4-3-7/h5-8H,3-4H2,1-2H3. The van der Waals surface area contributed by atoms with Gasteiger partial charge in [0.2, 0.25) is 0 Å². The van der Waals surface area contributed by atoms with Gasteiger partial charge in [-0.3, -0.25) is 0 Å². The van der Waals surface area contributed by atoms with Crippen molar-refractivity contribution in [3.63, 3.8) is 0 Å². The van der Waals surface area contributed by atoms with E-state index >= 15 is 0 Å². The van der Waals surface area contributed by atoms with E-state index in [0.29, 0.717) is 6.61 Å². The van der Waals surface area contributed by atoms with Gasteiger partial charge in [0, 0.05) is 0 Å². The summed E-state index contributed by atoms with van der Waals surface area (Å²) >= 11 is 1.32. The molecule has 4 heteroatoms. The predicted molar refractivity (Wildman–Crippen MR) is 41.8 cm³/mol. The molecule has 0 rings (SSSR count). The molecule has 10 heavy (non-hydrogen) atoms. The first kappa shape index (κ1) is 10.2. The van der Waals surface area contributed by atoms with Crippen molar-refractivity contribution in [2.24, 2.45) is 0 Å². The molecule has 0 aliphatic heterocycles. The minimum absolute atomic E-state index is 0.0324. The normalized spacial score (nSPS) is 16.8. The second-order valence-electron chi connectivity index (χ2n) is 1.90. The van der Waals surface area contributed by atoms with Gasteiger partial charge in [-0.1, -0.05) is 11.8 Å². The summed E-state index contributed by atoms with van der Waals surface area (Å²) in [6.07, 6.45) is 0. The van der Waals surface area contributed by atoms with E-state index in [1.54, 1.807) is 6.92 Å². The summed E-state index contributed by atoms with van der Waals surface area (Å²) in [6.45, 7) is 3.89. The summed E-state index contributed by atoms with van der Waals surface area (Å²) < 4.78 is 5.05. The second kappa shape index (κ2) is 5.97. The fourth-order valence-electron chi connectivity index (χ4n) is 0.535. The van der Waals surface area contributed by atoms with Gasteiger partial charge in [-0.15, -0.1) is 0 Å². The van der Waals surface area contributed by atoms with Gasteiger partial charge in [-0.05, 0) is 13.8 Å². The van der Waals surface area contributed by atoms with Crippen molar-refractivity contribution >= 4 is 11.8 Å². The molecule has 0 heterocycles. The van der Waals surface area contributed by atoms with Gasteiger partial charge < -0.3 is 14.9 Å². The Bertz CT molecular complexity index is 77.4. The second-order valence-corrected chi connectivity index (χ2v) is 3.52. The van der Waals surface area contributed by atoms with Crippen LogP contribution in [0.4, 0.5) is 0 Å². The van der Waals surface area contributed by atoms with E-state index in [-0.39, 0.29) is 12.0 Å². The van der Waals surface area contributed by atoms with E-state index in [2.05, 4.69) is 0 Å². The fraction of sp³-hybridized carbons (Fsp3) is 1.00. The van der Waals surface area contributed by atoms with Crippen LogP contribution in [-0.4, -0.2) is 34.3 Å². The average molecular weight is 166 g/mol. The highest BCUT2D eigenvalue weighted by molar-refractivity contribution is 8.00. The molecule has 2 N–H and O–H groups in total. The Hall–Kier alpha value is 0.230. The van der Waals surface area contributed by atoms with Gasteiger partial charge in [0.15, 0.2) is 0 Å². The van der Waals surface area contributed by atoms with Crippen molar-refractivity contribution in [2.45, 2.75) is 24.7 Å². The number of aliphatic hydroxyl groups excluding tert-OH is 2. The third-order valence-electron chi connectivity index (χ3n) is 0.832. The molecule has 0 aromatic heterocycles. The zero-order valence-electron chi connectivity index (χ0n) is 6.28. The third-order valence-corrected chi connectivity index (χ3v) is 1.75. The van der Waals surface area contributed by atoms with Crippen LogP contribution in [0.1, 0.15) is 13.8 Å². The minimum atomic E-state index is -0.409. The summed E-state index contributed by atoms with van der Waals surface area (Å²) in [5.74, 6) is 0. The quantitative estimate of drug-likeness (QED) is 0.581. The molecule has 2 unspecified atom stereocenters. The van der Waals surface area contributed by atoms with Crippen molar-refractivity contribution < 1.29 is 14.9 Å². The molecule has 0 aliphatic carbocycles. The van der Waals surface area contributed by atoms with Crippen LogP contribution >= 0.6 is 11.8 Å². The lowest BCUT2D eigenvalue weighted by molar-refractivity contribution is 0.0825. The molecule has 0 radical (unpaired) electrons. The van der Waals surface area contributed by atoms with Crippen molar-refractivity contribution in [3.05, 3.63) is 0 Å². The van der Waals surface area contributed by atoms with Gasteiger partial charge >= 0.3 is 0 Å². The van der Waals surface area contributed by atoms with E-state index in [9.17, 15) is 0 Å². The lowest BCUT2D eigenvalue weighted by Gasteiger charge is -2.12. The first-order chi connectivity index (χ1) is 4.66. The van der Waals surface area contributed by atoms with Gasteiger partial charge in [-0.25, -0.2) is 0 Å². The van der Waals surface area contributed by atoms with Crippen LogP contribution in [0.25, 0.3) is 0 Å². The SMILES string of the molecule is CC(O)SC(C)OCCO. The van der Waals surface area contributed by atoms with Crippen LogP contribution in [-0.2, 0) is 4.74 Å². The molecule has 0 aromatic rings. The van der Waals surface area contributed by atoms with Crippen LogP contribution in [0.15, 0.2) is 0 Å². The lowest BCUT2D eigenvalue weighted by atomic mass is 10.7. The Morgan fingerprint density at radius 1 is 1.50 bits per heavy atom. The molecular weight excluding hydrogens is 152 g/mol. The first-order valence-corrected chi connectivity index (χ1v) is 4.17. The number of thioether (sulfide) groups is 1. The number of hydrogen-bond acceptors (Lipinski definition) is 4. The monoisotopic (exact) mass is 166 g/mol. The van der Waals surface area contributed by atoms with Crippen molar-refractivity contribution in [1.29, 1.82) is 0 Å². The predicted octanol–water partition coefficient (Wildman–Crippen LogP) is 0.413. The van der Waals surface area contributed by atoms with Crippen LogP contribution in [0.5, 0.6) is 0 Å². The van der Waals surface area contributed by atoms with Gasteiger partial charge in [0.1, 0.15) is 5.44 Å². The maximum absolute atomic E-state index is 8.84. The fourth-order valence-corrected chi connectivity index (χ4v) is 1.26. The molecule has 0 amide bonds. The molecule has 0 spiro atoms. The summed E-state index contributed by atoms with van der Waals surface area (Å²) in [5, 5.41) is 17.2. The molecule has 62 valence electrons. The van der Waals surface area contributed by atoms with Crippen LogP contribution < -0.4 is 0 Å². The number of hydrogen-bond donors (Lipinski definition) is 2. The van der Waals surface area contributed by atoms with E-state index in [0.717, 1.165) is 0 Å². The van der Waals surface area contributed by atoms with E-state index < -0.39 is 5.44 Å². The smallest absolute Gasteiger partial charge is 0.102 e. The van der Waals surface area contributed by atoms with E-state index in [1.807, 2.05) is 6.92 Å². The van der Waals surface area contributed by atoms with Gasteiger partial charge in [0.25, 0.3) is 0 Å². The maximum Gasteiger partial charge on any atom is 0.102 e. The van der Waals surface area contributed by atoms with Crippen molar-refractivity contribution in [1.82, 2.24) is 0 Å². The molecular formula is C6H14O3S. The molecule has 0 saturated carbocycles. The highest BCUT2D eigenvalue weighted by Crippen LogP contribution is 2.15. The third kappa shape index (κ3) is 6.35. The topological polar surface area (TPSA) is 49.7 Å². The molecule has 2 atom stereocenters. The first-order valence-electron chi connectivity index (χ1n) is 3.22. The summed E-state index contributed by atoms with van der Waals surface area (Å²) in [6, 6.07) is 0. The number of aliphatic hydroxyl groups is 2. The van der Waals surface area contributed by atoms with Crippen molar-refractivity contribution in [3.8, 4) is 0 Å². The Kier molecular flexibility index (Phi) is 6.11. The van der Waals surface area contributed by atoms with Crippen LogP contribution in [0, 0.1) is 0 Å². The Morgan fingerprint density at radius 2 is 2.10 bits per heavy atom. The highest BCUT2D eigenvalue weighted by atomic mass is 32.2. The van der Waals surface area contributed by atoms with Gasteiger partial charge in [0.05, 0.1) is 18.6 Å². The van der Waals surface area contributed by atoms with Crippen LogP contribution in [0.3, 0.4) is 0 Å². The minimum Gasteiger partial charge on any atom is -0.394 e. The maximum atomic E-state index is 8.84. The molecule has 0 fully saturated rings. The molecule has 3 nitrogen and oxygen atoms in total. The Labute approximate surface area is 65.4 Å². The van der Waals surface area contributed by atoms with Crippen molar-refractivity contribution in [2.75, 3.05) is 13.2 Å². The average Bonchev–Trinajstić information content (AvgIpc) is 1.82. The molecule has 0 aromatic carbocycles. The van der Waals surface area contributed by atoms with E-state index in [4.69, 9.17) is 14.9 Å². The molecule has 0 bridgehead atoms. The summed E-state index contributed by atoms with van der Waals surface area (Å²) in [5.41, 5.74) is -0.458. The van der Waals surface area contributed by atoms with Crippen LogP contribution in [0.2, 0.25) is 0 Å². The summed E-state index contributed by atoms with van der Waals surface area (Å²) in [4.78, 5) is 0. The molecule has 0 saturated heterocycles.